The molecule has 0 saturated heterocycles. The first-order chi connectivity index (χ1) is 11.0. The molecule has 3 nitrogen and oxygen atoms in total. The Morgan fingerprint density at radius 3 is 1.91 bits per heavy atom. The first-order valence-electron chi connectivity index (χ1n) is 7.59. The zero-order chi connectivity index (χ0) is 16.4. The van der Waals surface area contributed by atoms with E-state index in [0.717, 1.165) is 11.3 Å². The molecule has 116 valence electrons. The number of hydrogen-bond acceptors (Lipinski definition) is 2. The number of esters is 1. The average Bonchev–Trinajstić information content (AvgIpc) is 2.88. The van der Waals surface area contributed by atoms with Gasteiger partial charge in [0.05, 0.1) is 5.56 Å². The number of nitrogens with zero attached hydrogens (tertiary/aromatic N) is 1. The summed E-state index contributed by atoms with van der Waals surface area (Å²) in [6.45, 7) is 6.12. The van der Waals surface area contributed by atoms with Crippen molar-refractivity contribution >= 4 is 5.97 Å². The summed E-state index contributed by atoms with van der Waals surface area (Å²) in [6.07, 6.45) is 0. The van der Waals surface area contributed by atoms with E-state index in [1.807, 2.05) is 43.3 Å². The number of hydrogen-bond donors (Lipinski definition) is 0. The van der Waals surface area contributed by atoms with Crippen molar-refractivity contribution in [2.24, 2.45) is 0 Å². The van der Waals surface area contributed by atoms with E-state index < -0.39 is 0 Å². The van der Waals surface area contributed by atoms with Crippen LogP contribution >= 0.6 is 0 Å². The highest BCUT2D eigenvalue weighted by atomic mass is 16.5. The molecule has 0 aliphatic heterocycles. The third-order valence-corrected chi connectivity index (χ3v) is 3.86. The van der Waals surface area contributed by atoms with Crippen molar-refractivity contribution in [1.29, 1.82) is 0 Å². The SMILES string of the molecule is Cc1ccc(C(=O)Oc2ccc(-n3c(C)ccc3C)cc2)cc1. The van der Waals surface area contributed by atoms with Crippen molar-refractivity contribution < 1.29 is 9.53 Å². The summed E-state index contributed by atoms with van der Waals surface area (Å²) in [5.74, 6) is 0.202. The molecule has 0 atom stereocenters. The van der Waals surface area contributed by atoms with E-state index in [1.54, 1.807) is 12.1 Å². The predicted octanol–water partition coefficient (Wildman–Crippen LogP) is 4.62. The smallest absolute Gasteiger partial charge is 0.343 e. The molecule has 0 unspecified atom stereocenters. The molecule has 0 aliphatic rings. The molecule has 0 spiro atoms. The lowest BCUT2D eigenvalue weighted by atomic mass is 10.1. The number of rotatable bonds is 3. The number of aryl methyl sites for hydroxylation is 3. The minimum absolute atomic E-state index is 0.342. The lowest BCUT2D eigenvalue weighted by Crippen LogP contribution is -2.08. The van der Waals surface area contributed by atoms with Crippen molar-refractivity contribution in [2.75, 3.05) is 0 Å². The molecular weight excluding hydrogens is 286 g/mol. The van der Waals surface area contributed by atoms with E-state index >= 15 is 0 Å². The van der Waals surface area contributed by atoms with Crippen molar-refractivity contribution in [3.63, 3.8) is 0 Å². The molecule has 3 aromatic rings. The van der Waals surface area contributed by atoms with E-state index in [0.29, 0.717) is 11.3 Å². The second kappa shape index (κ2) is 6.13. The fraction of sp³-hybridized carbons (Fsp3) is 0.150. The van der Waals surface area contributed by atoms with Gasteiger partial charge in [-0.15, -0.1) is 0 Å². The first kappa shape index (κ1) is 15.1. The lowest BCUT2D eigenvalue weighted by molar-refractivity contribution is 0.0735. The highest BCUT2D eigenvalue weighted by Gasteiger charge is 2.09. The number of carbonyl (C=O) groups excluding carboxylic acids is 1. The van der Waals surface area contributed by atoms with Gasteiger partial charge in [0.1, 0.15) is 5.75 Å². The Morgan fingerprint density at radius 2 is 1.35 bits per heavy atom. The monoisotopic (exact) mass is 305 g/mol. The maximum atomic E-state index is 12.1. The van der Waals surface area contributed by atoms with Gasteiger partial charge in [-0.1, -0.05) is 17.7 Å². The van der Waals surface area contributed by atoms with Gasteiger partial charge in [0.25, 0.3) is 0 Å². The Labute approximate surface area is 136 Å². The van der Waals surface area contributed by atoms with Gasteiger partial charge in [-0.2, -0.15) is 0 Å². The maximum Gasteiger partial charge on any atom is 0.343 e. The highest BCUT2D eigenvalue weighted by Crippen LogP contribution is 2.20. The predicted molar refractivity (Wildman–Crippen MR) is 91.4 cm³/mol. The molecule has 1 aromatic heterocycles. The summed E-state index contributed by atoms with van der Waals surface area (Å²) < 4.78 is 7.58. The standard InChI is InChI=1S/C20H19NO2/c1-14-4-8-17(9-5-14)20(22)23-19-12-10-18(11-13-19)21-15(2)6-7-16(21)3/h4-13H,1-3H3. The summed E-state index contributed by atoms with van der Waals surface area (Å²) >= 11 is 0. The summed E-state index contributed by atoms with van der Waals surface area (Å²) in [4.78, 5) is 12.1. The van der Waals surface area contributed by atoms with Gasteiger partial charge in [-0.25, -0.2) is 4.79 Å². The molecule has 0 radical (unpaired) electrons. The Morgan fingerprint density at radius 1 is 0.783 bits per heavy atom. The third kappa shape index (κ3) is 3.19. The maximum absolute atomic E-state index is 12.1. The fourth-order valence-corrected chi connectivity index (χ4v) is 2.59. The van der Waals surface area contributed by atoms with Crippen molar-refractivity contribution in [3.8, 4) is 11.4 Å². The summed E-state index contributed by atoms with van der Waals surface area (Å²) in [7, 11) is 0. The van der Waals surface area contributed by atoms with Gasteiger partial charge >= 0.3 is 5.97 Å². The topological polar surface area (TPSA) is 31.2 Å². The summed E-state index contributed by atoms with van der Waals surface area (Å²) in [5, 5.41) is 0. The molecule has 0 aliphatic carbocycles. The molecule has 2 aromatic carbocycles. The van der Waals surface area contributed by atoms with Crippen molar-refractivity contribution in [3.05, 3.63) is 83.2 Å². The second-order valence-electron chi connectivity index (χ2n) is 5.70. The Balaban J connectivity index is 1.78. The van der Waals surface area contributed by atoms with Gasteiger partial charge in [-0.05, 0) is 69.3 Å². The summed E-state index contributed by atoms with van der Waals surface area (Å²) in [5.41, 5.74) is 5.07. The van der Waals surface area contributed by atoms with Crippen LogP contribution in [0.4, 0.5) is 0 Å². The molecular formula is C20H19NO2. The minimum atomic E-state index is -0.342. The van der Waals surface area contributed by atoms with Gasteiger partial charge < -0.3 is 9.30 Å². The molecule has 23 heavy (non-hydrogen) atoms. The quantitative estimate of drug-likeness (QED) is 0.522. The van der Waals surface area contributed by atoms with Gasteiger partial charge in [-0.3, -0.25) is 0 Å². The normalized spacial score (nSPS) is 10.6. The van der Waals surface area contributed by atoms with Crippen LogP contribution in [0.3, 0.4) is 0 Å². The first-order valence-corrected chi connectivity index (χ1v) is 7.59. The number of ether oxygens (including phenoxy) is 1. The molecule has 1 heterocycles. The van der Waals surface area contributed by atoms with E-state index in [9.17, 15) is 4.79 Å². The van der Waals surface area contributed by atoms with Gasteiger partial charge in [0, 0.05) is 17.1 Å². The van der Waals surface area contributed by atoms with Crippen molar-refractivity contribution in [2.45, 2.75) is 20.8 Å². The van der Waals surface area contributed by atoms with Crippen LogP contribution in [0, 0.1) is 20.8 Å². The van der Waals surface area contributed by atoms with Crippen LogP contribution in [0.1, 0.15) is 27.3 Å². The van der Waals surface area contributed by atoms with E-state index in [4.69, 9.17) is 4.74 Å². The largest absolute Gasteiger partial charge is 0.423 e. The second-order valence-corrected chi connectivity index (χ2v) is 5.70. The molecule has 3 rings (SSSR count). The zero-order valence-corrected chi connectivity index (χ0v) is 13.5. The Kier molecular flexibility index (Phi) is 4.02. The van der Waals surface area contributed by atoms with E-state index in [2.05, 4.69) is 30.5 Å². The zero-order valence-electron chi connectivity index (χ0n) is 13.5. The molecule has 0 fully saturated rings. The van der Waals surface area contributed by atoms with Crippen LogP contribution in [-0.2, 0) is 0 Å². The van der Waals surface area contributed by atoms with Crippen LogP contribution in [0.2, 0.25) is 0 Å². The van der Waals surface area contributed by atoms with E-state index in [1.165, 1.54) is 11.4 Å². The van der Waals surface area contributed by atoms with Gasteiger partial charge in [0.2, 0.25) is 0 Å². The van der Waals surface area contributed by atoms with Gasteiger partial charge in [0.15, 0.2) is 0 Å². The fourth-order valence-electron chi connectivity index (χ4n) is 2.59. The van der Waals surface area contributed by atoms with Crippen LogP contribution in [-0.4, -0.2) is 10.5 Å². The molecule has 0 N–H and O–H groups in total. The van der Waals surface area contributed by atoms with Crippen LogP contribution in [0.25, 0.3) is 5.69 Å². The lowest BCUT2D eigenvalue weighted by Gasteiger charge is -2.10. The van der Waals surface area contributed by atoms with Crippen molar-refractivity contribution in [1.82, 2.24) is 4.57 Å². The van der Waals surface area contributed by atoms with Crippen LogP contribution in [0.15, 0.2) is 60.7 Å². The minimum Gasteiger partial charge on any atom is -0.423 e. The molecule has 3 heteroatoms. The molecule has 0 saturated carbocycles. The average molecular weight is 305 g/mol. The molecule has 0 amide bonds. The van der Waals surface area contributed by atoms with Crippen LogP contribution in [0.5, 0.6) is 5.75 Å². The number of benzene rings is 2. The van der Waals surface area contributed by atoms with Crippen LogP contribution < -0.4 is 4.74 Å². The Hall–Kier alpha value is -2.81. The molecule has 0 bridgehead atoms. The number of aromatic nitrogens is 1. The Bertz CT molecular complexity index is 808. The highest BCUT2D eigenvalue weighted by molar-refractivity contribution is 5.91. The van der Waals surface area contributed by atoms with E-state index in [-0.39, 0.29) is 5.97 Å². The summed E-state index contributed by atoms with van der Waals surface area (Å²) in [6, 6.07) is 19.1. The third-order valence-electron chi connectivity index (χ3n) is 3.86. The number of carbonyl (C=O) groups is 1.